The van der Waals surface area contributed by atoms with E-state index in [2.05, 4.69) is 52.3 Å². The summed E-state index contributed by atoms with van der Waals surface area (Å²) < 4.78 is 8.09. The number of nitrogens with one attached hydrogen (secondary N) is 1. The number of benzene rings is 2. The van der Waals surface area contributed by atoms with Gasteiger partial charge >= 0.3 is 0 Å². The first-order valence-corrected chi connectivity index (χ1v) is 11.2. The fourth-order valence-corrected chi connectivity index (χ4v) is 4.59. The Balaban J connectivity index is 0.00000153. The Morgan fingerprint density at radius 3 is 2.52 bits per heavy atom. The first-order chi connectivity index (χ1) is 15.2. The van der Waals surface area contributed by atoms with Gasteiger partial charge in [-0.2, -0.15) is 0 Å². The molecule has 0 spiro atoms. The number of anilines is 1. The second-order valence-electron chi connectivity index (χ2n) is 8.26. The zero-order chi connectivity index (χ0) is 21.2. The highest BCUT2D eigenvalue weighted by atomic mass is 35.5. The maximum absolute atomic E-state index is 6.42. The minimum Gasteiger partial charge on any atom is -0.382 e. The summed E-state index contributed by atoms with van der Waals surface area (Å²) in [5, 5.41) is 4.55. The zero-order valence-corrected chi connectivity index (χ0v) is 20.4. The predicted molar refractivity (Wildman–Crippen MR) is 140 cm³/mol. The normalized spacial score (nSPS) is 14.2. The minimum atomic E-state index is 0. The number of piperidine rings is 1. The van der Waals surface area contributed by atoms with Gasteiger partial charge in [-0.25, -0.2) is 9.97 Å². The number of hydrogen-bond acceptors (Lipinski definition) is 5. The molecule has 0 saturated carbocycles. The third-order valence-electron chi connectivity index (χ3n) is 6.22. The second kappa shape index (κ2) is 11.2. The number of rotatable bonds is 6. The van der Waals surface area contributed by atoms with Crippen molar-refractivity contribution in [3.63, 3.8) is 0 Å². The molecule has 1 saturated heterocycles. The monoisotopic (exact) mass is 487 g/mol. The van der Waals surface area contributed by atoms with E-state index in [1.54, 1.807) is 0 Å². The average Bonchev–Trinajstić information content (AvgIpc) is 3.17. The van der Waals surface area contributed by atoms with Gasteiger partial charge in [-0.3, -0.25) is 0 Å². The van der Waals surface area contributed by atoms with Crippen LogP contribution in [0, 0.1) is 5.92 Å². The standard InChI is InChI=1S/C25H29N5O.2ClH/c1-2-31-16-22-29-23-24(30(22)15-17-10-12-27-13-11-17)20-9-8-19(14-21(20)28-25(23)26)18-6-4-3-5-7-18;;/h3-9,14,17,27H,2,10-13,15-16H2,1H3,(H2,26,28);2*1H. The lowest BCUT2D eigenvalue weighted by atomic mass is 9.98. The molecular formula is C25H31Cl2N5O. The molecule has 33 heavy (non-hydrogen) atoms. The molecule has 1 aliphatic rings. The molecule has 8 heteroatoms. The number of halogens is 2. The number of nitrogens with two attached hydrogens (primary N) is 1. The number of pyridine rings is 1. The molecular weight excluding hydrogens is 457 g/mol. The van der Waals surface area contributed by atoms with Crippen molar-refractivity contribution in [2.75, 3.05) is 25.4 Å². The van der Waals surface area contributed by atoms with Crippen LogP contribution in [-0.4, -0.2) is 34.2 Å². The van der Waals surface area contributed by atoms with Gasteiger partial charge in [0.25, 0.3) is 0 Å². The molecule has 3 heterocycles. The van der Waals surface area contributed by atoms with Crippen LogP contribution in [0.4, 0.5) is 5.82 Å². The summed E-state index contributed by atoms with van der Waals surface area (Å²) in [6.07, 6.45) is 2.34. The summed E-state index contributed by atoms with van der Waals surface area (Å²) in [5.41, 5.74) is 11.5. The van der Waals surface area contributed by atoms with E-state index in [1.165, 1.54) is 18.4 Å². The maximum Gasteiger partial charge on any atom is 0.152 e. The summed E-state index contributed by atoms with van der Waals surface area (Å²) in [4.78, 5) is 9.60. The van der Waals surface area contributed by atoms with Crippen LogP contribution in [0.1, 0.15) is 25.6 Å². The van der Waals surface area contributed by atoms with Gasteiger partial charge in [0.1, 0.15) is 17.9 Å². The van der Waals surface area contributed by atoms with Gasteiger partial charge < -0.3 is 20.4 Å². The lowest BCUT2D eigenvalue weighted by Crippen LogP contribution is -2.30. The molecule has 3 N–H and O–H groups in total. The van der Waals surface area contributed by atoms with Gasteiger partial charge in [0.2, 0.25) is 0 Å². The van der Waals surface area contributed by atoms with Crippen LogP contribution in [0.15, 0.2) is 48.5 Å². The highest BCUT2D eigenvalue weighted by Crippen LogP contribution is 2.33. The van der Waals surface area contributed by atoms with E-state index in [1.807, 2.05) is 13.0 Å². The quantitative estimate of drug-likeness (QED) is 0.390. The number of aromatic nitrogens is 3. The fraction of sp³-hybridized carbons (Fsp3) is 0.360. The van der Waals surface area contributed by atoms with Crippen LogP contribution in [-0.2, 0) is 17.9 Å². The molecule has 0 radical (unpaired) electrons. The molecule has 6 nitrogen and oxygen atoms in total. The Labute approximate surface area is 206 Å². The number of ether oxygens (including phenoxy) is 1. The molecule has 2 aromatic heterocycles. The Morgan fingerprint density at radius 1 is 1.03 bits per heavy atom. The molecule has 0 atom stereocenters. The van der Waals surface area contributed by atoms with Gasteiger partial charge in [-0.15, -0.1) is 24.8 Å². The van der Waals surface area contributed by atoms with Crippen LogP contribution in [0.5, 0.6) is 0 Å². The summed E-state index contributed by atoms with van der Waals surface area (Å²) >= 11 is 0. The SMILES string of the molecule is CCOCc1nc2c(N)nc3cc(-c4ccccc4)ccc3c2n1CC1CCNCC1.Cl.Cl. The highest BCUT2D eigenvalue weighted by molar-refractivity contribution is 6.07. The van der Waals surface area contributed by atoms with E-state index in [4.69, 9.17) is 20.4 Å². The topological polar surface area (TPSA) is 78.0 Å². The number of imidazole rings is 1. The van der Waals surface area contributed by atoms with Crippen molar-refractivity contribution < 1.29 is 4.74 Å². The molecule has 1 aliphatic heterocycles. The number of fused-ring (bicyclic) bond motifs is 3. The Morgan fingerprint density at radius 2 is 1.79 bits per heavy atom. The van der Waals surface area contributed by atoms with Gasteiger partial charge in [0.05, 0.1) is 11.0 Å². The van der Waals surface area contributed by atoms with Crippen LogP contribution >= 0.6 is 24.8 Å². The lowest BCUT2D eigenvalue weighted by molar-refractivity contribution is 0.125. The number of nitrogen functional groups attached to an aromatic ring is 1. The molecule has 2 aromatic carbocycles. The van der Waals surface area contributed by atoms with E-state index in [0.29, 0.717) is 24.9 Å². The maximum atomic E-state index is 6.42. The van der Waals surface area contributed by atoms with Crippen LogP contribution in [0.2, 0.25) is 0 Å². The molecule has 176 valence electrons. The smallest absolute Gasteiger partial charge is 0.152 e. The third kappa shape index (κ3) is 5.09. The highest BCUT2D eigenvalue weighted by Gasteiger charge is 2.21. The van der Waals surface area contributed by atoms with Crippen molar-refractivity contribution in [2.24, 2.45) is 5.92 Å². The summed E-state index contributed by atoms with van der Waals surface area (Å²) in [5.74, 6) is 2.03. The minimum absolute atomic E-state index is 0. The first kappa shape index (κ1) is 25.2. The van der Waals surface area contributed by atoms with Crippen LogP contribution in [0.3, 0.4) is 0 Å². The number of nitrogens with zero attached hydrogens (tertiary/aromatic N) is 3. The third-order valence-corrected chi connectivity index (χ3v) is 6.22. The van der Waals surface area contributed by atoms with Gasteiger partial charge in [0, 0.05) is 18.5 Å². The molecule has 1 fully saturated rings. The number of hydrogen-bond donors (Lipinski definition) is 2. The first-order valence-electron chi connectivity index (χ1n) is 11.2. The average molecular weight is 488 g/mol. The van der Waals surface area contributed by atoms with Crippen LogP contribution < -0.4 is 11.1 Å². The van der Waals surface area contributed by atoms with E-state index in [0.717, 1.165) is 53.0 Å². The van der Waals surface area contributed by atoms with Crippen LogP contribution in [0.25, 0.3) is 33.1 Å². The second-order valence-corrected chi connectivity index (χ2v) is 8.26. The Bertz CT molecular complexity index is 1210. The Hall–Kier alpha value is -2.38. The van der Waals surface area contributed by atoms with Gasteiger partial charge in [0.15, 0.2) is 5.82 Å². The van der Waals surface area contributed by atoms with E-state index < -0.39 is 0 Å². The summed E-state index contributed by atoms with van der Waals surface area (Å²) in [6.45, 7) is 6.23. The molecule has 0 bridgehead atoms. The van der Waals surface area contributed by atoms with E-state index in [9.17, 15) is 0 Å². The van der Waals surface area contributed by atoms with Crippen molar-refractivity contribution >= 4 is 52.6 Å². The van der Waals surface area contributed by atoms with Crippen molar-refractivity contribution in [3.05, 3.63) is 54.4 Å². The summed E-state index contributed by atoms with van der Waals surface area (Å²) in [6, 6.07) is 16.8. The predicted octanol–water partition coefficient (Wildman–Crippen LogP) is 5.21. The molecule has 0 amide bonds. The van der Waals surface area contributed by atoms with Crippen molar-refractivity contribution in [1.82, 2.24) is 19.9 Å². The van der Waals surface area contributed by atoms with Gasteiger partial charge in [-0.1, -0.05) is 42.5 Å². The molecule has 0 unspecified atom stereocenters. The van der Waals surface area contributed by atoms with E-state index in [-0.39, 0.29) is 24.8 Å². The lowest BCUT2D eigenvalue weighted by Gasteiger charge is -2.24. The van der Waals surface area contributed by atoms with E-state index >= 15 is 0 Å². The molecule has 0 aliphatic carbocycles. The van der Waals surface area contributed by atoms with Gasteiger partial charge in [-0.05, 0) is 56.0 Å². The van der Waals surface area contributed by atoms with Crippen molar-refractivity contribution in [2.45, 2.75) is 32.9 Å². The molecule has 5 rings (SSSR count). The Kier molecular flexibility index (Phi) is 8.54. The van der Waals surface area contributed by atoms with Crippen molar-refractivity contribution in [1.29, 1.82) is 0 Å². The van der Waals surface area contributed by atoms with Crippen molar-refractivity contribution in [3.8, 4) is 11.1 Å². The molecule has 4 aromatic rings. The largest absolute Gasteiger partial charge is 0.382 e. The summed E-state index contributed by atoms with van der Waals surface area (Å²) in [7, 11) is 0. The zero-order valence-electron chi connectivity index (χ0n) is 18.8. The fourth-order valence-electron chi connectivity index (χ4n) is 4.59.